The van der Waals surface area contributed by atoms with Crippen LogP contribution in [0.4, 0.5) is 17.1 Å². The Morgan fingerprint density at radius 3 is 2.37 bits per heavy atom. The average Bonchev–Trinajstić information content (AvgIpc) is 3.01. The zero-order valence-corrected chi connectivity index (χ0v) is 22.3. The first kappa shape index (κ1) is 24.2. The molecule has 0 fully saturated rings. The summed E-state index contributed by atoms with van der Waals surface area (Å²) in [4.78, 5) is 2.36. The fourth-order valence-electron chi connectivity index (χ4n) is 5.80. The summed E-state index contributed by atoms with van der Waals surface area (Å²) >= 11 is 0. The molecule has 0 atom stereocenters. The fraction of sp³-hybridized carbons (Fsp3) is 0.0270. The third-order valence-corrected chi connectivity index (χ3v) is 7.59. The van der Waals surface area contributed by atoms with Crippen molar-refractivity contribution in [2.45, 2.75) is 6.92 Å². The molecule has 41 heavy (non-hydrogen) atoms. The van der Waals surface area contributed by atoms with Crippen LogP contribution in [0, 0.1) is 22.7 Å². The number of fused-ring (bicyclic) bond motifs is 3. The molecular formula is C37H23N3O. The lowest BCUT2D eigenvalue weighted by molar-refractivity contribution is 0.318. The molecule has 0 unspecified atom stereocenters. The second kappa shape index (κ2) is 9.72. The molecule has 4 nitrogen and oxygen atoms in total. The number of nitrogens with zero attached hydrogens (tertiary/aromatic N) is 3. The van der Waals surface area contributed by atoms with Gasteiger partial charge in [0, 0.05) is 22.2 Å². The standard InChI is InChI=1S/C37H23N3O/c1-24-19-28(29(22-38)23-39)21-31(41-24)17-14-26-15-18-36-37-32(26)10-6-11-34(37)33-9-4-5-12-35(33)40(36)30-16-13-25-7-2-3-8-27(25)20-30/h2-21H,1H3/b17-14+. The maximum Gasteiger partial charge on any atom is 0.137 e. The van der Waals surface area contributed by atoms with Gasteiger partial charge in [0.1, 0.15) is 29.2 Å². The minimum atomic E-state index is 0.0626. The van der Waals surface area contributed by atoms with E-state index < -0.39 is 0 Å². The molecule has 0 saturated carbocycles. The third kappa shape index (κ3) is 4.07. The van der Waals surface area contributed by atoms with Gasteiger partial charge in [-0.25, -0.2) is 0 Å². The van der Waals surface area contributed by atoms with Crippen molar-refractivity contribution in [3.63, 3.8) is 0 Å². The van der Waals surface area contributed by atoms with Gasteiger partial charge in [-0.2, -0.15) is 10.5 Å². The quantitative estimate of drug-likeness (QED) is 0.216. The van der Waals surface area contributed by atoms with Gasteiger partial charge in [0.05, 0.1) is 11.4 Å². The number of allylic oxidation sites excluding steroid dienone is 6. The van der Waals surface area contributed by atoms with Gasteiger partial charge in [0.25, 0.3) is 0 Å². The summed E-state index contributed by atoms with van der Waals surface area (Å²) in [6.07, 6.45) is 7.36. The molecule has 0 saturated heterocycles. The Balaban J connectivity index is 1.39. The third-order valence-electron chi connectivity index (χ3n) is 7.59. The first-order chi connectivity index (χ1) is 20.1. The summed E-state index contributed by atoms with van der Waals surface area (Å²) in [5.41, 5.74) is 7.45. The van der Waals surface area contributed by atoms with E-state index in [0.29, 0.717) is 17.1 Å². The SMILES string of the molecule is CC1=CC(=C(C#N)C#N)C=C(/C=C/c2ccc3c4c(cccc24)-c2ccccc2N3c2ccc3ccccc3c2)O1. The minimum Gasteiger partial charge on any atom is -0.462 e. The summed E-state index contributed by atoms with van der Waals surface area (Å²) in [7, 11) is 0. The van der Waals surface area contributed by atoms with Crippen LogP contribution < -0.4 is 4.90 Å². The van der Waals surface area contributed by atoms with Gasteiger partial charge in [0.2, 0.25) is 0 Å². The topological polar surface area (TPSA) is 60.0 Å². The molecule has 0 radical (unpaired) electrons. The van der Waals surface area contributed by atoms with E-state index in [9.17, 15) is 10.5 Å². The van der Waals surface area contributed by atoms with Gasteiger partial charge < -0.3 is 9.64 Å². The summed E-state index contributed by atoms with van der Waals surface area (Å²) in [5, 5.41) is 23.4. The molecule has 0 N–H and O–H groups in total. The molecule has 0 spiro atoms. The molecule has 2 heterocycles. The van der Waals surface area contributed by atoms with Gasteiger partial charge in [-0.1, -0.05) is 78.9 Å². The van der Waals surface area contributed by atoms with E-state index in [1.165, 1.54) is 27.3 Å². The number of rotatable bonds is 3. The Morgan fingerprint density at radius 1 is 0.732 bits per heavy atom. The molecule has 0 aliphatic carbocycles. The van der Waals surface area contributed by atoms with Crippen molar-refractivity contribution >= 4 is 44.7 Å². The monoisotopic (exact) mass is 525 g/mol. The van der Waals surface area contributed by atoms with Crippen molar-refractivity contribution in [2.24, 2.45) is 0 Å². The van der Waals surface area contributed by atoms with Gasteiger partial charge in [0.15, 0.2) is 0 Å². The second-order valence-corrected chi connectivity index (χ2v) is 10.1. The predicted octanol–water partition coefficient (Wildman–Crippen LogP) is 9.62. The molecule has 7 rings (SSSR count). The van der Waals surface area contributed by atoms with Crippen LogP contribution in [-0.4, -0.2) is 0 Å². The summed E-state index contributed by atoms with van der Waals surface area (Å²) in [5.74, 6) is 1.20. The molecular weight excluding hydrogens is 502 g/mol. The molecule has 2 aliphatic rings. The summed E-state index contributed by atoms with van der Waals surface area (Å²) in [6.45, 7) is 1.81. The molecule has 4 heteroatoms. The normalized spacial score (nSPS) is 13.7. The highest BCUT2D eigenvalue weighted by Crippen LogP contribution is 2.51. The molecule has 0 aromatic heterocycles. The van der Waals surface area contributed by atoms with Gasteiger partial charge in [-0.05, 0) is 76.7 Å². The highest BCUT2D eigenvalue weighted by molar-refractivity contribution is 6.15. The number of nitriles is 2. The van der Waals surface area contributed by atoms with Crippen LogP contribution in [0.5, 0.6) is 0 Å². The largest absolute Gasteiger partial charge is 0.462 e. The number of para-hydroxylation sites is 1. The fourth-order valence-corrected chi connectivity index (χ4v) is 5.80. The molecule has 0 bridgehead atoms. The van der Waals surface area contributed by atoms with E-state index in [2.05, 4.69) is 102 Å². The van der Waals surface area contributed by atoms with Crippen LogP contribution in [0.1, 0.15) is 12.5 Å². The molecule has 5 aromatic rings. The molecule has 0 amide bonds. The molecule has 2 aliphatic heterocycles. The Morgan fingerprint density at radius 2 is 1.51 bits per heavy atom. The van der Waals surface area contributed by atoms with Crippen molar-refractivity contribution in [2.75, 3.05) is 4.90 Å². The highest BCUT2D eigenvalue weighted by Gasteiger charge is 2.26. The average molecular weight is 526 g/mol. The Labute approximate surface area is 238 Å². The van der Waals surface area contributed by atoms with Crippen molar-refractivity contribution in [1.82, 2.24) is 0 Å². The Hall–Kier alpha value is -5.84. The zero-order chi connectivity index (χ0) is 27.9. The van der Waals surface area contributed by atoms with E-state index in [-0.39, 0.29) is 5.57 Å². The Kier molecular flexibility index (Phi) is 5.74. The Bertz CT molecular complexity index is 2100. The number of hydrogen-bond acceptors (Lipinski definition) is 4. The smallest absolute Gasteiger partial charge is 0.137 e. The van der Waals surface area contributed by atoms with E-state index in [0.717, 1.165) is 28.0 Å². The lowest BCUT2D eigenvalue weighted by Crippen LogP contribution is -2.15. The molecule has 192 valence electrons. The van der Waals surface area contributed by atoms with E-state index >= 15 is 0 Å². The van der Waals surface area contributed by atoms with E-state index in [4.69, 9.17) is 4.74 Å². The van der Waals surface area contributed by atoms with E-state index in [1.54, 1.807) is 12.2 Å². The summed E-state index contributed by atoms with van der Waals surface area (Å²) in [6, 6.07) is 38.3. The van der Waals surface area contributed by atoms with Crippen LogP contribution in [0.15, 0.2) is 138 Å². The number of benzene rings is 5. The van der Waals surface area contributed by atoms with Crippen molar-refractivity contribution < 1.29 is 4.74 Å². The lowest BCUT2D eigenvalue weighted by atomic mass is 9.89. The summed E-state index contributed by atoms with van der Waals surface area (Å²) < 4.78 is 5.90. The van der Waals surface area contributed by atoms with Crippen molar-refractivity contribution in [3.8, 4) is 23.3 Å². The van der Waals surface area contributed by atoms with E-state index in [1.807, 2.05) is 31.2 Å². The predicted molar refractivity (Wildman–Crippen MR) is 165 cm³/mol. The molecule has 5 aromatic carbocycles. The van der Waals surface area contributed by atoms with Crippen molar-refractivity contribution in [1.29, 1.82) is 10.5 Å². The maximum absolute atomic E-state index is 9.33. The first-order valence-corrected chi connectivity index (χ1v) is 13.4. The van der Waals surface area contributed by atoms with Crippen LogP contribution in [0.2, 0.25) is 0 Å². The lowest BCUT2D eigenvalue weighted by Gasteiger charge is -2.34. The van der Waals surface area contributed by atoms with Gasteiger partial charge in [-0.15, -0.1) is 0 Å². The number of hydrogen-bond donors (Lipinski definition) is 0. The highest BCUT2D eigenvalue weighted by atomic mass is 16.5. The van der Waals surface area contributed by atoms with Crippen LogP contribution in [-0.2, 0) is 4.74 Å². The van der Waals surface area contributed by atoms with Crippen molar-refractivity contribution in [3.05, 3.63) is 144 Å². The van der Waals surface area contributed by atoms with Crippen LogP contribution in [0.3, 0.4) is 0 Å². The van der Waals surface area contributed by atoms with Gasteiger partial charge in [-0.3, -0.25) is 0 Å². The van der Waals surface area contributed by atoms with Gasteiger partial charge >= 0.3 is 0 Å². The van der Waals surface area contributed by atoms with Crippen LogP contribution >= 0.6 is 0 Å². The zero-order valence-electron chi connectivity index (χ0n) is 22.3. The second-order valence-electron chi connectivity index (χ2n) is 10.1. The number of anilines is 3. The van der Waals surface area contributed by atoms with Crippen LogP contribution in [0.25, 0.3) is 38.7 Å². The maximum atomic E-state index is 9.33. The minimum absolute atomic E-state index is 0.0626. The number of ether oxygens (including phenoxy) is 1. The first-order valence-electron chi connectivity index (χ1n) is 13.4.